The van der Waals surface area contributed by atoms with E-state index in [0.717, 1.165) is 55.4 Å². The molecule has 21 nitrogen and oxygen atoms in total. The SMILES string of the molecule is CC(=O)OC[C@H]1O[C@@H](C([C@@H]2O[C@H](COC(C)=O)[C@@H](OC(C)=O)[C@H](OC(C)=O)[C@H]2OC(C)=O)[N+](=O)[O-])[C@H](OC(C)=O)[C@@H](OC(C)=O)[C@@H]1OC(C)=O. The van der Waals surface area contributed by atoms with Crippen LogP contribution in [0.1, 0.15) is 55.4 Å². The van der Waals surface area contributed by atoms with E-state index in [0.29, 0.717) is 0 Å². The van der Waals surface area contributed by atoms with E-state index in [1.165, 1.54) is 0 Å². The van der Waals surface area contributed by atoms with E-state index in [-0.39, 0.29) is 0 Å². The van der Waals surface area contributed by atoms with Gasteiger partial charge in [0.05, 0.1) is 0 Å². The number of ether oxygens (including phenoxy) is 10. The summed E-state index contributed by atoms with van der Waals surface area (Å²) in [7, 11) is 0. The fraction of sp³-hybridized carbons (Fsp3) is 0.724. The van der Waals surface area contributed by atoms with Crippen LogP contribution >= 0.6 is 0 Å². The first kappa shape index (κ1) is 41.3. The van der Waals surface area contributed by atoms with Gasteiger partial charge in [-0.05, 0) is 0 Å². The lowest BCUT2D eigenvalue weighted by Crippen LogP contribution is -2.71. The van der Waals surface area contributed by atoms with Crippen molar-refractivity contribution in [3.05, 3.63) is 10.1 Å². The molecule has 2 fully saturated rings. The highest BCUT2D eigenvalue weighted by Gasteiger charge is 2.64. The van der Waals surface area contributed by atoms with Gasteiger partial charge in [-0.1, -0.05) is 0 Å². The Morgan fingerprint density at radius 2 is 0.740 bits per heavy atom. The zero-order chi connectivity index (χ0) is 38.0. The van der Waals surface area contributed by atoms with E-state index < -0.39 is 133 Å². The van der Waals surface area contributed by atoms with Crippen molar-refractivity contribution in [3.8, 4) is 0 Å². The second-order valence-corrected chi connectivity index (χ2v) is 11.1. The molecule has 50 heavy (non-hydrogen) atoms. The van der Waals surface area contributed by atoms with Crippen molar-refractivity contribution in [1.29, 1.82) is 0 Å². The van der Waals surface area contributed by atoms with Crippen LogP contribution in [0.15, 0.2) is 0 Å². The Hall–Kier alpha value is -4.92. The maximum Gasteiger partial charge on any atom is 0.303 e. The molecule has 2 saturated heterocycles. The third-order valence-corrected chi connectivity index (χ3v) is 6.97. The van der Waals surface area contributed by atoms with Gasteiger partial charge in [0.1, 0.15) is 25.4 Å². The van der Waals surface area contributed by atoms with Gasteiger partial charge in [-0.15, -0.1) is 0 Å². The number of esters is 8. The number of nitro groups is 1. The van der Waals surface area contributed by atoms with Gasteiger partial charge < -0.3 is 47.4 Å². The predicted molar refractivity (Wildman–Crippen MR) is 155 cm³/mol. The molecule has 0 aromatic rings. The van der Waals surface area contributed by atoms with Gasteiger partial charge in [-0.25, -0.2) is 0 Å². The number of hydrogen-bond donors (Lipinski definition) is 0. The molecule has 0 saturated carbocycles. The molecule has 0 N–H and O–H groups in total. The van der Waals surface area contributed by atoms with Crippen LogP contribution in [-0.2, 0) is 85.7 Å². The second-order valence-electron chi connectivity index (χ2n) is 11.1. The minimum Gasteiger partial charge on any atom is -0.463 e. The lowest BCUT2D eigenvalue weighted by molar-refractivity contribution is -0.561. The van der Waals surface area contributed by atoms with Crippen molar-refractivity contribution < 1.29 is 90.6 Å². The first-order chi connectivity index (χ1) is 23.2. The Bertz CT molecular complexity index is 1240. The molecule has 2 rings (SSSR count). The van der Waals surface area contributed by atoms with Gasteiger partial charge in [-0.2, -0.15) is 0 Å². The molecular formula is C29H39NO20. The maximum absolute atomic E-state index is 13.1. The largest absolute Gasteiger partial charge is 0.463 e. The molecule has 21 heteroatoms. The van der Waals surface area contributed by atoms with Gasteiger partial charge in [0.25, 0.3) is 6.04 Å². The van der Waals surface area contributed by atoms with Crippen LogP contribution in [0.25, 0.3) is 0 Å². The molecule has 2 aliphatic heterocycles. The third-order valence-electron chi connectivity index (χ3n) is 6.97. The first-order valence-corrected chi connectivity index (χ1v) is 15.0. The summed E-state index contributed by atoms with van der Waals surface area (Å²) in [6.45, 7) is 6.18. The van der Waals surface area contributed by atoms with Crippen LogP contribution in [0.3, 0.4) is 0 Å². The lowest BCUT2D eigenvalue weighted by Gasteiger charge is -2.48. The highest BCUT2D eigenvalue weighted by molar-refractivity contribution is 5.70. The smallest absolute Gasteiger partial charge is 0.303 e. The Morgan fingerprint density at radius 1 is 0.480 bits per heavy atom. The van der Waals surface area contributed by atoms with Crippen molar-refractivity contribution in [3.63, 3.8) is 0 Å². The Morgan fingerprint density at radius 3 is 0.980 bits per heavy atom. The van der Waals surface area contributed by atoms with Crippen molar-refractivity contribution in [2.75, 3.05) is 13.2 Å². The number of carbonyl (C=O) groups is 8. The molecule has 2 aliphatic rings. The Balaban J connectivity index is 2.91. The van der Waals surface area contributed by atoms with Gasteiger partial charge in [0.2, 0.25) is 0 Å². The van der Waals surface area contributed by atoms with Gasteiger partial charge >= 0.3 is 47.8 Å². The average Bonchev–Trinajstić information content (AvgIpc) is 2.95. The molecule has 2 heterocycles. The summed E-state index contributed by atoms with van der Waals surface area (Å²) in [4.78, 5) is 109. The topological polar surface area (TPSA) is 272 Å². The Labute approximate surface area is 284 Å². The fourth-order valence-corrected chi connectivity index (χ4v) is 5.50. The Kier molecular flexibility index (Phi) is 15.0. The van der Waals surface area contributed by atoms with E-state index in [1.807, 2.05) is 0 Å². The van der Waals surface area contributed by atoms with Gasteiger partial charge in [-0.3, -0.25) is 48.5 Å². The normalized spacial score (nSPS) is 29.0. The summed E-state index contributed by atoms with van der Waals surface area (Å²) in [6, 6.07) is -2.35. The number of rotatable bonds is 13. The van der Waals surface area contributed by atoms with E-state index >= 15 is 0 Å². The highest BCUT2D eigenvalue weighted by Crippen LogP contribution is 2.38. The summed E-state index contributed by atoms with van der Waals surface area (Å²) in [5, 5.41) is 13.1. The van der Waals surface area contributed by atoms with E-state index in [2.05, 4.69) is 0 Å². The second kappa shape index (κ2) is 18.2. The summed E-state index contributed by atoms with van der Waals surface area (Å²) in [6.07, 6.45) is -18.4. The van der Waals surface area contributed by atoms with E-state index in [4.69, 9.17) is 47.4 Å². The molecule has 280 valence electrons. The van der Waals surface area contributed by atoms with Crippen LogP contribution in [0.5, 0.6) is 0 Å². The summed E-state index contributed by atoms with van der Waals surface area (Å²) in [5.74, 6) is -7.86. The first-order valence-electron chi connectivity index (χ1n) is 15.0. The zero-order valence-corrected chi connectivity index (χ0v) is 28.4. The predicted octanol–water partition coefficient (Wildman–Crippen LogP) is -1.12. The monoisotopic (exact) mass is 721 g/mol. The van der Waals surface area contributed by atoms with Crippen LogP contribution in [0.2, 0.25) is 0 Å². The molecule has 0 bridgehead atoms. The molecule has 10 atom stereocenters. The number of nitrogens with zero attached hydrogens (tertiary/aromatic N) is 1. The quantitative estimate of drug-likeness (QED) is 0.0943. The minimum atomic E-state index is -2.35. The van der Waals surface area contributed by atoms with Crippen LogP contribution in [0, 0.1) is 10.1 Å². The minimum absolute atomic E-state index is 0.739. The molecule has 0 unspecified atom stereocenters. The van der Waals surface area contributed by atoms with Gasteiger partial charge in [0, 0.05) is 60.3 Å². The van der Waals surface area contributed by atoms with E-state index in [9.17, 15) is 48.5 Å². The number of hydrogen-bond acceptors (Lipinski definition) is 20. The third kappa shape index (κ3) is 11.6. The molecule has 0 aliphatic carbocycles. The van der Waals surface area contributed by atoms with Crippen molar-refractivity contribution in [2.24, 2.45) is 0 Å². The maximum atomic E-state index is 13.1. The zero-order valence-electron chi connectivity index (χ0n) is 28.4. The van der Waals surface area contributed by atoms with Crippen LogP contribution in [-0.4, -0.2) is 133 Å². The molecule has 0 radical (unpaired) electrons. The molecular weight excluding hydrogens is 682 g/mol. The molecule has 0 aromatic heterocycles. The summed E-state index contributed by atoms with van der Waals surface area (Å²) < 4.78 is 54.1. The van der Waals surface area contributed by atoms with E-state index in [1.54, 1.807) is 0 Å². The van der Waals surface area contributed by atoms with Crippen LogP contribution in [0.4, 0.5) is 0 Å². The van der Waals surface area contributed by atoms with Gasteiger partial charge in [0.15, 0.2) is 48.8 Å². The summed E-state index contributed by atoms with van der Waals surface area (Å²) >= 11 is 0. The molecule has 0 amide bonds. The molecule has 0 spiro atoms. The van der Waals surface area contributed by atoms with Crippen LogP contribution < -0.4 is 0 Å². The van der Waals surface area contributed by atoms with Crippen molar-refractivity contribution in [1.82, 2.24) is 0 Å². The molecule has 0 aromatic carbocycles. The highest BCUT2D eigenvalue weighted by atomic mass is 16.7. The summed E-state index contributed by atoms with van der Waals surface area (Å²) in [5.41, 5.74) is 0. The lowest BCUT2D eigenvalue weighted by atomic mass is 9.83. The number of carbonyl (C=O) groups excluding carboxylic acids is 8. The van der Waals surface area contributed by atoms with Crippen molar-refractivity contribution >= 4 is 47.8 Å². The van der Waals surface area contributed by atoms with Crippen molar-refractivity contribution in [2.45, 2.75) is 122 Å². The standard InChI is InChI=1S/C29H39NO20/c1-11(31)41-9-19-22(43-13(3)33)26(45-15(5)35)28(47-17(7)37)24(49-19)21(30(39)40)25-29(48-18(8)38)27(46-16(6)36)23(44-14(4)34)20(50-25)10-42-12(2)32/h19-29H,9-10H2,1-8H3/t19-,20-,22-,23-,24+,25+,26+,27+,28+,29+/m1/s1. The fourth-order valence-electron chi connectivity index (χ4n) is 5.50. The average molecular weight is 722 g/mol.